The third-order valence-electron chi connectivity index (χ3n) is 3.84. The van der Waals surface area contributed by atoms with E-state index in [4.69, 9.17) is 0 Å². The van der Waals surface area contributed by atoms with E-state index in [0.717, 1.165) is 36.2 Å². The highest BCUT2D eigenvalue weighted by Crippen LogP contribution is 2.37. The minimum Gasteiger partial charge on any atom is -0.356 e. The van der Waals surface area contributed by atoms with Gasteiger partial charge < -0.3 is 10.2 Å². The van der Waals surface area contributed by atoms with E-state index in [0.29, 0.717) is 11.3 Å². The van der Waals surface area contributed by atoms with Crippen molar-refractivity contribution in [2.75, 3.05) is 23.3 Å². The monoisotopic (exact) mass is 445 g/mol. The van der Waals surface area contributed by atoms with Crippen LogP contribution >= 0.6 is 27.7 Å². The summed E-state index contributed by atoms with van der Waals surface area (Å²) < 4.78 is 37.7. The first-order valence-corrected chi connectivity index (χ1v) is 9.50. The summed E-state index contributed by atoms with van der Waals surface area (Å²) in [5.41, 5.74) is -3.55. The van der Waals surface area contributed by atoms with E-state index in [1.54, 1.807) is 6.07 Å². The molecule has 1 aromatic heterocycles. The molecule has 0 saturated carbocycles. The molecule has 1 aromatic carbocycles. The number of aromatic nitrogens is 1. The van der Waals surface area contributed by atoms with E-state index in [9.17, 15) is 18.0 Å². The highest BCUT2D eigenvalue weighted by atomic mass is 79.9. The van der Waals surface area contributed by atoms with Crippen molar-refractivity contribution in [1.82, 2.24) is 4.98 Å². The summed E-state index contributed by atoms with van der Waals surface area (Å²) in [6.07, 6.45) is 3.75. The van der Waals surface area contributed by atoms with Crippen LogP contribution < -0.4 is 10.2 Å². The van der Waals surface area contributed by atoms with Crippen LogP contribution in [0.1, 0.15) is 23.2 Å². The Kier molecular flexibility index (Phi) is 5.76. The number of pyridine rings is 1. The van der Waals surface area contributed by atoms with Crippen molar-refractivity contribution >= 4 is 45.1 Å². The van der Waals surface area contributed by atoms with Crippen LogP contribution in [-0.2, 0) is 0 Å². The fraction of sp³-hybridized carbons (Fsp3) is 0.294. The summed E-state index contributed by atoms with van der Waals surface area (Å²) in [6.45, 7) is 1.89. The Labute approximate surface area is 161 Å². The molecule has 9 heteroatoms. The van der Waals surface area contributed by atoms with Crippen LogP contribution in [0.25, 0.3) is 0 Å². The normalized spacial score (nSPS) is 14.5. The molecule has 138 valence electrons. The number of amides is 1. The van der Waals surface area contributed by atoms with Gasteiger partial charge in [0.25, 0.3) is 5.91 Å². The van der Waals surface area contributed by atoms with Gasteiger partial charge in [-0.3, -0.25) is 4.79 Å². The first kappa shape index (κ1) is 19.0. The van der Waals surface area contributed by atoms with Crippen molar-refractivity contribution in [3.8, 4) is 0 Å². The molecular weight excluding hydrogens is 431 g/mol. The molecule has 1 saturated heterocycles. The quantitative estimate of drug-likeness (QED) is 0.647. The number of hydrogen-bond acceptors (Lipinski definition) is 4. The van der Waals surface area contributed by atoms with Gasteiger partial charge in [0.1, 0.15) is 5.82 Å². The average Bonchev–Trinajstić information content (AvgIpc) is 3.09. The maximum atomic E-state index is 12.3. The van der Waals surface area contributed by atoms with Crippen molar-refractivity contribution in [3.63, 3.8) is 0 Å². The minimum absolute atomic E-state index is 0.0647. The maximum Gasteiger partial charge on any atom is 0.446 e. The molecule has 2 heterocycles. The number of carbonyl (C=O) groups is 1. The molecular formula is C17H15BrF3N3OS. The van der Waals surface area contributed by atoms with Gasteiger partial charge in [-0.2, -0.15) is 13.2 Å². The third-order valence-corrected chi connectivity index (χ3v) is 5.16. The van der Waals surface area contributed by atoms with Gasteiger partial charge in [-0.05, 0) is 70.9 Å². The maximum absolute atomic E-state index is 12.3. The summed E-state index contributed by atoms with van der Waals surface area (Å²) in [5.74, 6) is 0.440. The van der Waals surface area contributed by atoms with Gasteiger partial charge in [0.2, 0.25) is 0 Å². The largest absolute Gasteiger partial charge is 0.446 e. The molecule has 0 unspecified atom stereocenters. The standard InChI is InChI=1S/C17H15BrF3N3OS/c18-14-9-11(10-22-15(14)24-7-1-2-8-24)16(25)23-12-3-5-13(6-4-12)26-17(19,20)21/h3-6,9-10H,1-2,7-8H2,(H,23,25). The van der Waals surface area contributed by atoms with Crippen LogP contribution in [0.2, 0.25) is 0 Å². The summed E-state index contributed by atoms with van der Waals surface area (Å²) in [7, 11) is 0. The first-order chi connectivity index (χ1) is 12.3. The van der Waals surface area contributed by atoms with Gasteiger partial charge in [0, 0.05) is 29.9 Å². The number of thioether (sulfide) groups is 1. The molecule has 3 rings (SSSR count). The van der Waals surface area contributed by atoms with Crippen molar-refractivity contribution < 1.29 is 18.0 Å². The SMILES string of the molecule is O=C(Nc1ccc(SC(F)(F)F)cc1)c1cnc(N2CCCC2)c(Br)c1. The molecule has 0 atom stereocenters. The average molecular weight is 446 g/mol. The smallest absolute Gasteiger partial charge is 0.356 e. The predicted molar refractivity (Wildman–Crippen MR) is 99.7 cm³/mol. The Hall–Kier alpha value is -1.74. The number of carbonyl (C=O) groups excluding carboxylic acids is 1. The number of benzene rings is 1. The van der Waals surface area contributed by atoms with Gasteiger partial charge in [-0.25, -0.2) is 4.98 Å². The van der Waals surface area contributed by atoms with Crippen molar-refractivity contribution in [2.24, 2.45) is 0 Å². The predicted octanol–water partition coefficient (Wildman–Crippen LogP) is 5.31. The zero-order valence-electron chi connectivity index (χ0n) is 13.5. The number of halogens is 4. The van der Waals surface area contributed by atoms with Crippen molar-refractivity contribution in [1.29, 1.82) is 0 Å². The number of hydrogen-bond donors (Lipinski definition) is 1. The van der Waals surface area contributed by atoms with E-state index in [1.807, 2.05) is 0 Å². The second-order valence-corrected chi connectivity index (χ2v) is 7.74. The Morgan fingerprint density at radius 2 is 1.85 bits per heavy atom. The Balaban J connectivity index is 1.67. The molecule has 26 heavy (non-hydrogen) atoms. The van der Waals surface area contributed by atoms with Gasteiger partial charge in [0.05, 0.1) is 10.0 Å². The molecule has 1 aliphatic rings. The molecule has 1 N–H and O–H groups in total. The lowest BCUT2D eigenvalue weighted by Gasteiger charge is -2.18. The Morgan fingerprint density at radius 1 is 1.19 bits per heavy atom. The number of rotatable bonds is 4. The molecule has 0 spiro atoms. The van der Waals surface area contributed by atoms with E-state index in [-0.39, 0.29) is 22.6 Å². The summed E-state index contributed by atoms with van der Waals surface area (Å²) >= 11 is 3.26. The van der Waals surface area contributed by atoms with Crippen LogP contribution in [0.4, 0.5) is 24.7 Å². The zero-order chi connectivity index (χ0) is 18.7. The van der Waals surface area contributed by atoms with E-state index >= 15 is 0 Å². The van der Waals surface area contributed by atoms with Crippen LogP contribution in [0, 0.1) is 0 Å². The Bertz CT molecular complexity index is 793. The van der Waals surface area contributed by atoms with Crippen LogP contribution in [0.15, 0.2) is 45.9 Å². The van der Waals surface area contributed by atoms with E-state index < -0.39 is 5.51 Å². The fourth-order valence-electron chi connectivity index (χ4n) is 2.66. The van der Waals surface area contributed by atoms with E-state index in [2.05, 4.69) is 31.1 Å². The summed E-state index contributed by atoms with van der Waals surface area (Å²) in [6, 6.07) is 7.21. The highest BCUT2D eigenvalue weighted by molar-refractivity contribution is 9.10. The highest BCUT2D eigenvalue weighted by Gasteiger charge is 2.29. The third kappa shape index (κ3) is 4.91. The second kappa shape index (κ2) is 7.87. The van der Waals surface area contributed by atoms with Crippen molar-refractivity contribution in [2.45, 2.75) is 23.2 Å². The molecule has 1 aliphatic heterocycles. The second-order valence-electron chi connectivity index (χ2n) is 5.75. The lowest BCUT2D eigenvalue weighted by Crippen LogP contribution is -2.20. The van der Waals surface area contributed by atoms with Gasteiger partial charge in [-0.1, -0.05) is 0 Å². The number of anilines is 2. The molecule has 0 radical (unpaired) electrons. The van der Waals surface area contributed by atoms with Gasteiger partial charge >= 0.3 is 5.51 Å². The minimum atomic E-state index is -4.33. The molecule has 0 bridgehead atoms. The molecule has 4 nitrogen and oxygen atoms in total. The zero-order valence-corrected chi connectivity index (χ0v) is 15.9. The molecule has 2 aromatic rings. The molecule has 1 amide bonds. The first-order valence-electron chi connectivity index (χ1n) is 7.89. The number of alkyl halides is 3. The van der Waals surface area contributed by atoms with Crippen LogP contribution in [0.3, 0.4) is 0 Å². The molecule has 0 aliphatic carbocycles. The number of nitrogens with one attached hydrogen (secondary N) is 1. The van der Waals surface area contributed by atoms with E-state index in [1.165, 1.54) is 30.5 Å². The van der Waals surface area contributed by atoms with Gasteiger partial charge in [-0.15, -0.1) is 0 Å². The molecule has 1 fully saturated rings. The van der Waals surface area contributed by atoms with Crippen LogP contribution in [-0.4, -0.2) is 29.5 Å². The topological polar surface area (TPSA) is 45.2 Å². The fourth-order valence-corrected chi connectivity index (χ4v) is 3.80. The lowest BCUT2D eigenvalue weighted by atomic mass is 10.2. The Morgan fingerprint density at radius 3 is 2.42 bits per heavy atom. The van der Waals surface area contributed by atoms with Gasteiger partial charge in [0.15, 0.2) is 0 Å². The summed E-state index contributed by atoms with van der Waals surface area (Å²) in [5, 5.41) is 2.66. The van der Waals surface area contributed by atoms with Crippen LogP contribution in [0.5, 0.6) is 0 Å². The van der Waals surface area contributed by atoms with Crippen molar-refractivity contribution in [3.05, 3.63) is 46.6 Å². The number of nitrogens with zero attached hydrogens (tertiary/aromatic N) is 2. The lowest BCUT2D eigenvalue weighted by molar-refractivity contribution is -0.0328. The summed E-state index contributed by atoms with van der Waals surface area (Å²) in [4.78, 5) is 18.9.